The fourth-order valence-electron chi connectivity index (χ4n) is 4.51. The Morgan fingerprint density at radius 2 is 1.84 bits per heavy atom. The molecule has 0 spiro atoms. The number of benzene rings is 2. The lowest BCUT2D eigenvalue weighted by atomic mass is 10.0. The maximum Gasteiger partial charge on any atom is 0.241 e. The molecule has 2 aromatic carbocycles. The summed E-state index contributed by atoms with van der Waals surface area (Å²) >= 11 is 6.12. The number of carbonyl (C=O) groups excluding carboxylic acids is 1. The first kappa shape index (κ1) is 21.9. The van der Waals surface area contributed by atoms with Crippen molar-refractivity contribution in [1.82, 2.24) is 4.90 Å². The molecular formula is C22H25ClN2O5S. The third kappa shape index (κ3) is 4.51. The first-order valence-electron chi connectivity index (χ1n) is 10.0. The molecule has 2 aromatic rings. The van der Waals surface area contributed by atoms with E-state index in [2.05, 4.69) is 0 Å². The van der Waals surface area contributed by atoms with Gasteiger partial charge in [-0.05, 0) is 48.4 Å². The molecule has 2 aliphatic heterocycles. The van der Waals surface area contributed by atoms with E-state index >= 15 is 0 Å². The summed E-state index contributed by atoms with van der Waals surface area (Å²) < 4.78 is 35.8. The second kappa shape index (κ2) is 8.68. The molecule has 9 heteroatoms. The number of amides is 1. The van der Waals surface area contributed by atoms with Gasteiger partial charge in [-0.3, -0.25) is 9.69 Å². The highest BCUT2D eigenvalue weighted by molar-refractivity contribution is 7.91. The third-order valence-corrected chi connectivity index (χ3v) is 7.88. The van der Waals surface area contributed by atoms with Crippen LogP contribution in [-0.4, -0.2) is 70.1 Å². The normalized spacial score (nSPS) is 22.9. The van der Waals surface area contributed by atoms with E-state index in [9.17, 15) is 13.2 Å². The van der Waals surface area contributed by atoms with Crippen molar-refractivity contribution >= 4 is 33.0 Å². The summed E-state index contributed by atoms with van der Waals surface area (Å²) in [6.07, 6.45) is 0.605. The molecule has 0 aliphatic carbocycles. The maximum atomic E-state index is 13.1. The number of halogens is 1. The smallest absolute Gasteiger partial charge is 0.241 e. The monoisotopic (exact) mass is 464 g/mol. The summed E-state index contributed by atoms with van der Waals surface area (Å²) in [5, 5.41) is 0.509. The van der Waals surface area contributed by atoms with Gasteiger partial charge in [0, 0.05) is 23.3 Å². The molecule has 2 aliphatic rings. The number of hydrogen-bond acceptors (Lipinski definition) is 6. The van der Waals surface area contributed by atoms with Crippen molar-refractivity contribution in [1.29, 1.82) is 0 Å². The van der Waals surface area contributed by atoms with Crippen molar-refractivity contribution in [2.24, 2.45) is 0 Å². The van der Waals surface area contributed by atoms with Crippen LogP contribution in [0.15, 0.2) is 42.5 Å². The van der Waals surface area contributed by atoms with Gasteiger partial charge in [-0.25, -0.2) is 8.42 Å². The van der Waals surface area contributed by atoms with Crippen LogP contribution in [0, 0.1) is 0 Å². The number of ether oxygens (including phenoxy) is 2. The standard InChI is InChI=1S/C22H25ClN2O5S/c1-29-18-6-7-21(30-2)15(10-18)8-9-24-12-22(26)25(17-5-3-4-16(23)11-17)20-14-31(27,28)13-19(20)24/h3-7,10-11,19-20H,8-9,12-14H2,1-2H3. The first-order chi connectivity index (χ1) is 14.8. The molecule has 2 unspecified atom stereocenters. The largest absolute Gasteiger partial charge is 0.497 e. The maximum absolute atomic E-state index is 13.1. The number of carbonyl (C=O) groups is 1. The Bertz CT molecular complexity index is 1090. The predicted octanol–water partition coefficient (Wildman–Crippen LogP) is 2.41. The number of methoxy groups -OCH3 is 2. The zero-order valence-corrected chi connectivity index (χ0v) is 19.0. The van der Waals surface area contributed by atoms with Crippen molar-refractivity contribution in [2.75, 3.05) is 43.7 Å². The molecule has 1 amide bonds. The van der Waals surface area contributed by atoms with Crippen LogP contribution in [0.4, 0.5) is 5.69 Å². The minimum Gasteiger partial charge on any atom is -0.497 e. The predicted molar refractivity (Wildman–Crippen MR) is 120 cm³/mol. The lowest BCUT2D eigenvalue weighted by Crippen LogP contribution is -2.62. The van der Waals surface area contributed by atoms with E-state index < -0.39 is 15.9 Å². The summed E-state index contributed by atoms with van der Waals surface area (Å²) in [4.78, 5) is 16.7. The number of anilines is 1. The molecule has 2 saturated heterocycles. The lowest BCUT2D eigenvalue weighted by Gasteiger charge is -2.43. The number of nitrogens with zero attached hydrogens (tertiary/aromatic N) is 2. The van der Waals surface area contributed by atoms with Crippen molar-refractivity contribution in [2.45, 2.75) is 18.5 Å². The van der Waals surface area contributed by atoms with E-state index in [-0.39, 0.29) is 30.0 Å². The fraction of sp³-hybridized carbons (Fsp3) is 0.409. The van der Waals surface area contributed by atoms with E-state index in [0.717, 1.165) is 17.1 Å². The Balaban J connectivity index is 1.59. The SMILES string of the molecule is COc1ccc(OC)c(CCN2CC(=O)N(c3cccc(Cl)c3)C3CS(=O)(=O)CC32)c1. The highest BCUT2D eigenvalue weighted by Gasteiger charge is 2.49. The van der Waals surface area contributed by atoms with Gasteiger partial charge in [0.15, 0.2) is 9.84 Å². The van der Waals surface area contributed by atoms with Crippen LogP contribution in [0.5, 0.6) is 11.5 Å². The second-order valence-corrected chi connectivity index (χ2v) is 10.4. The minimum absolute atomic E-state index is 0.0389. The van der Waals surface area contributed by atoms with Gasteiger partial charge in [-0.15, -0.1) is 0 Å². The van der Waals surface area contributed by atoms with Crippen LogP contribution >= 0.6 is 11.6 Å². The molecule has 4 rings (SSSR count). The molecule has 2 fully saturated rings. The van der Waals surface area contributed by atoms with Crippen molar-refractivity contribution in [3.63, 3.8) is 0 Å². The average molecular weight is 465 g/mol. The summed E-state index contributed by atoms with van der Waals surface area (Å²) in [6.45, 7) is 0.685. The zero-order chi connectivity index (χ0) is 22.2. The summed E-state index contributed by atoms with van der Waals surface area (Å²) in [7, 11) is -0.0421. The Kier molecular flexibility index (Phi) is 6.14. The highest BCUT2D eigenvalue weighted by atomic mass is 35.5. The number of piperazine rings is 1. The van der Waals surface area contributed by atoms with Gasteiger partial charge in [0.2, 0.25) is 5.91 Å². The molecule has 0 saturated carbocycles. The lowest BCUT2D eigenvalue weighted by molar-refractivity contribution is -0.123. The van der Waals surface area contributed by atoms with E-state index in [1.54, 1.807) is 43.4 Å². The van der Waals surface area contributed by atoms with Gasteiger partial charge < -0.3 is 14.4 Å². The molecule has 0 radical (unpaired) electrons. The number of rotatable bonds is 6. The Labute approximate surface area is 187 Å². The Morgan fingerprint density at radius 1 is 1.06 bits per heavy atom. The summed E-state index contributed by atoms with van der Waals surface area (Å²) in [5.74, 6) is 1.32. The summed E-state index contributed by atoms with van der Waals surface area (Å²) in [6, 6.07) is 11.9. The topological polar surface area (TPSA) is 76.2 Å². The van der Waals surface area contributed by atoms with Gasteiger partial charge in [-0.2, -0.15) is 0 Å². The van der Waals surface area contributed by atoms with E-state index in [4.69, 9.17) is 21.1 Å². The van der Waals surface area contributed by atoms with Crippen molar-refractivity contribution in [3.05, 3.63) is 53.1 Å². The van der Waals surface area contributed by atoms with Gasteiger partial charge in [0.1, 0.15) is 11.5 Å². The zero-order valence-electron chi connectivity index (χ0n) is 17.5. The van der Waals surface area contributed by atoms with E-state index in [1.165, 1.54) is 0 Å². The highest BCUT2D eigenvalue weighted by Crippen LogP contribution is 2.33. The molecule has 31 heavy (non-hydrogen) atoms. The molecule has 0 N–H and O–H groups in total. The molecule has 0 aromatic heterocycles. The van der Waals surface area contributed by atoms with Crippen LogP contribution in [0.3, 0.4) is 0 Å². The number of fused-ring (bicyclic) bond motifs is 1. The quantitative estimate of drug-likeness (QED) is 0.653. The van der Waals surface area contributed by atoms with Crippen LogP contribution in [0.25, 0.3) is 0 Å². The van der Waals surface area contributed by atoms with Crippen molar-refractivity contribution in [3.8, 4) is 11.5 Å². The molecular weight excluding hydrogens is 440 g/mol. The van der Waals surface area contributed by atoms with Crippen LogP contribution < -0.4 is 14.4 Å². The van der Waals surface area contributed by atoms with Gasteiger partial charge in [0.25, 0.3) is 0 Å². The molecule has 7 nitrogen and oxygen atoms in total. The molecule has 0 bridgehead atoms. The van der Waals surface area contributed by atoms with Gasteiger partial charge in [-0.1, -0.05) is 17.7 Å². The average Bonchev–Trinajstić information content (AvgIpc) is 3.06. The van der Waals surface area contributed by atoms with Crippen molar-refractivity contribution < 1.29 is 22.7 Å². The fourth-order valence-corrected chi connectivity index (χ4v) is 6.67. The Morgan fingerprint density at radius 3 is 2.55 bits per heavy atom. The second-order valence-electron chi connectivity index (χ2n) is 7.85. The van der Waals surface area contributed by atoms with Gasteiger partial charge in [0.05, 0.1) is 38.3 Å². The minimum atomic E-state index is -3.26. The Hall–Kier alpha value is -2.29. The third-order valence-electron chi connectivity index (χ3n) is 5.94. The molecule has 166 valence electrons. The van der Waals surface area contributed by atoms with Gasteiger partial charge >= 0.3 is 0 Å². The van der Waals surface area contributed by atoms with Crippen LogP contribution in [0.1, 0.15) is 5.56 Å². The molecule has 2 heterocycles. The first-order valence-corrected chi connectivity index (χ1v) is 12.2. The molecule has 2 atom stereocenters. The van der Waals surface area contributed by atoms with E-state index in [1.807, 2.05) is 23.1 Å². The number of sulfone groups is 1. The number of hydrogen-bond donors (Lipinski definition) is 0. The van der Waals surface area contributed by atoms with Crippen LogP contribution in [0.2, 0.25) is 5.02 Å². The van der Waals surface area contributed by atoms with Crippen LogP contribution in [-0.2, 0) is 21.1 Å². The summed E-state index contributed by atoms with van der Waals surface area (Å²) in [5.41, 5.74) is 1.59. The van der Waals surface area contributed by atoms with E-state index in [0.29, 0.717) is 23.7 Å².